The summed E-state index contributed by atoms with van der Waals surface area (Å²) >= 11 is 0. The molecule has 2 aliphatic rings. The minimum absolute atomic E-state index is 0.0767. The molecule has 0 radical (unpaired) electrons. The minimum Gasteiger partial charge on any atom is -0.507 e. The molecule has 2 aliphatic heterocycles. The van der Waals surface area contributed by atoms with Crippen molar-refractivity contribution in [2.45, 2.75) is 46.1 Å². The number of nitrogens with zero attached hydrogens (tertiary/aromatic N) is 1. The number of likely N-dealkylation sites (tertiary alicyclic amines) is 1. The Bertz CT molecular complexity index is 621. The van der Waals surface area contributed by atoms with Crippen molar-refractivity contribution in [3.05, 3.63) is 34.6 Å². The number of rotatable bonds is 2. The van der Waals surface area contributed by atoms with Crippen LogP contribution >= 0.6 is 0 Å². The summed E-state index contributed by atoms with van der Waals surface area (Å²) in [5.41, 5.74) is 2.17. The van der Waals surface area contributed by atoms with E-state index < -0.39 is 0 Å². The molecule has 0 aliphatic carbocycles. The summed E-state index contributed by atoms with van der Waals surface area (Å²) in [6.45, 7) is 6.44. The molecule has 3 rings (SSSR count). The molecule has 1 N–H and O–H groups in total. The molecule has 0 spiro atoms. The van der Waals surface area contributed by atoms with E-state index >= 15 is 0 Å². The number of phenolic OH excluding ortho intramolecular Hbond substituents is 1. The van der Waals surface area contributed by atoms with E-state index in [9.17, 15) is 9.90 Å². The van der Waals surface area contributed by atoms with Gasteiger partial charge in [0.05, 0.1) is 11.1 Å². The smallest absolute Gasteiger partial charge is 0.231 e. The van der Waals surface area contributed by atoms with E-state index in [0.29, 0.717) is 23.6 Å². The van der Waals surface area contributed by atoms with Crippen LogP contribution < -0.4 is 4.74 Å². The maximum atomic E-state index is 12.4. The van der Waals surface area contributed by atoms with Crippen molar-refractivity contribution in [1.29, 1.82) is 0 Å². The first kappa shape index (κ1) is 15.1. The van der Waals surface area contributed by atoms with E-state index in [1.54, 1.807) is 12.1 Å². The average Bonchev–Trinajstić information content (AvgIpc) is 2.66. The van der Waals surface area contributed by atoms with Gasteiger partial charge >= 0.3 is 0 Å². The molecule has 1 fully saturated rings. The van der Waals surface area contributed by atoms with Gasteiger partial charge in [-0.15, -0.1) is 0 Å². The zero-order valence-corrected chi connectivity index (χ0v) is 13.3. The Morgan fingerprint density at radius 3 is 2.50 bits per heavy atom. The summed E-state index contributed by atoms with van der Waals surface area (Å²) in [6.07, 6.45) is 4.92. The third-order valence-electron chi connectivity index (χ3n) is 4.43. The SMILES string of the molecule is CC(C)=C1Oc2c(ccc(O)c2CN2CCCCCC2)C1=O. The standard InChI is InChI=1S/C18H23NO3/c1-12(2)17-16(21)13-7-8-15(20)14(18(13)22-17)11-19-9-5-3-4-6-10-19/h7-8,20H,3-6,9-11H2,1-2H3. The van der Waals surface area contributed by atoms with Gasteiger partial charge in [0.25, 0.3) is 0 Å². The number of aromatic hydroxyl groups is 1. The van der Waals surface area contributed by atoms with Gasteiger partial charge in [0.15, 0.2) is 5.76 Å². The molecular weight excluding hydrogens is 278 g/mol. The van der Waals surface area contributed by atoms with E-state index in [-0.39, 0.29) is 11.5 Å². The van der Waals surface area contributed by atoms with E-state index in [1.807, 2.05) is 13.8 Å². The number of benzene rings is 1. The number of ether oxygens (including phenoxy) is 1. The highest BCUT2D eigenvalue weighted by atomic mass is 16.5. The molecule has 0 unspecified atom stereocenters. The van der Waals surface area contributed by atoms with Gasteiger partial charge in [0.2, 0.25) is 5.78 Å². The predicted molar refractivity (Wildman–Crippen MR) is 85.2 cm³/mol. The predicted octanol–water partition coefficient (Wildman–Crippen LogP) is 3.64. The van der Waals surface area contributed by atoms with Crippen LogP contribution in [0.4, 0.5) is 0 Å². The molecule has 2 heterocycles. The summed E-state index contributed by atoms with van der Waals surface area (Å²) in [7, 11) is 0. The number of carbonyl (C=O) groups is 1. The first-order valence-electron chi connectivity index (χ1n) is 8.05. The van der Waals surface area contributed by atoms with Gasteiger partial charge in [-0.05, 0) is 57.5 Å². The van der Waals surface area contributed by atoms with Gasteiger partial charge in [-0.3, -0.25) is 9.69 Å². The number of hydrogen-bond donors (Lipinski definition) is 1. The van der Waals surface area contributed by atoms with Gasteiger partial charge < -0.3 is 9.84 Å². The molecule has 118 valence electrons. The van der Waals surface area contributed by atoms with E-state index in [2.05, 4.69) is 4.90 Å². The van der Waals surface area contributed by atoms with Gasteiger partial charge in [-0.25, -0.2) is 0 Å². The molecule has 22 heavy (non-hydrogen) atoms. The van der Waals surface area contributed by atoms with Crippen molar-refractivity contribution < 1.29 is 14.6 Å². The molecule has 4 nitrogen and oxygen atoms in total. The Morgan fingerprint density at radius 2 is 1.86 bits per heavy atom. The lowest BCUT2D eigenvalue weighted by atomic mass is 10.0. The molecule has 1 saturated heterocycles. The Labute approximate surface area is 131 Å². The molecular formula is C18H23NO3. The van der Waals surface area contributed by atoms with Gasteiger partial charge in [-0.2, -0.15) is 0 Å². The van der Waals surface area contributed by atoms with Crippen molar-refractivity contribution in [2.24, 2.45) is 0 Å². The molecule has 0 amide bonds. The average molecular weight is 301 g/mol. The number of carbonyl (C=O) groups excluding carboxylic acids is 1. The van der Waals surface area contributed by atoms with E-state index in [4.69, 9.17) is 4.74 Å². The van der Waals surface area contributed by atoms with Crippen molar-refractivity contribution in [3.8, 4) is 11.5 Å². The lowest BCUT2D eigenvalue weighted by Crippen LogP contribution is -2.24. The fourth-order valence-corrected chi connectivity index (χ4v) is 3.18. The van der Waals surface area contributed by atoms with E-state index in [0.717, 1.165) is 24.2 Å². The molecule has 0 bridgehead atoms. The first-order chi connectivity index (χ1) is 10.6. The highest BCUT2D eigenvalue weighted by Crippen LogP contribution is 2.40. The zero-order valence-electron chi connectivity index (χ0n) is 13.3. The maximum Gasteiger partial charge on any atom is 0.231 e. The Balaban J connectivity index is 1.93. The maximum absolute atomic E-state index is 12.4. The summed E-state index contributed by atoms with van der Waals surface area (Å²) in [4.78, 5) is 14.7. The van der Waals surface area contributed by atoms with E-state index in [1.165, 1.54) is 25.7 Å². The second kappa shape index (κ2) is 6.13. The second-order valence-electron chi connectivity index (χ2n) is 6.39. The summed E-state index contributed by atoms with van der Waals surface area (Å²) in [5, 5.41) is 10.3. The summed E-state index contributed by atoms with van der Waals surface area (Å²) in [6, 6.07) is 3.27. The summed E-state index contributed by atoms with van der Waals surface area (Å²) in [5.74, 6) is 1.08. The number of fused-ring (bicyclic) bond motifs is 1. The third kappa shape index (κ3) is 2.75. The van der Waals surface area contributed by atoms with Crippen molar-refractivity contribution >= 4 is 5.78 Å². The number of phenols is 1. The van der Waals surface area contributed by atoms with Crippen LogP contribution in [0.2, 0.25) is 0 Å². The molecule has 0 aromatic heterocycles. The van der Waals surface area contributed by atoms with Crippen molar-refractivity contribution in [3.63, 3.8) is 0 Å². The van der Waals surface area contributed by atoms with Crippen LogP contribution in [0.5, 0.6) is 11.5 Å². The zero-order chi connectivity index (χ0) is 15.7. The van der Waals surface area contributed by atoms with Gasteiger partial charge in [0, 0.05) is 6.54 Å². The molecule has 0 atom stereocenters. The number of allylic oxidation sites excluding steroid dienone is 2. The molecule has 4 heteroatoms. The Kier molecular flexibility index (Phi) is 4.21. The topological polar surface area (TPSA) is 49.8 Å². The number of ketones is 1. The Morgan fingerprint density at radius 1 is 1.18 bits per heavy atom. The summed E-state index contributed by atoms with van der Waals surface area (Å²) < 4.78 is 5.81. The largest absolute Gasteiger partial charge is 0.507 e. The lowest BCUT2D eigenvalue weighted by molar-refractivity contribution is 0.101. The fraction of sp³-hybridized carbons (Fsp3) is 0.500. The normalized spacial score (nSPS) is 18.8. The Hall–Kier alpha value is -1.81. The molecule has 0 saturated carbocycles. The van der Waals surface area contributed by atoms with Gasteiger partial charge in [0.1, 0.15) is 11.5 Å². The lowest BCUT2D eigenvalue weighted by Gasteiger charge is -2.21. The van der Waals surface area contributed by atoms with Crippen LogP contribution in [0.3, 0.4) is 0 Å². The van der Waals surface area contributed by atoms with Crippen molar-refractivity contribution in [1.82, 2.24) is 4.90 Å². The first-order valence-corrected chi connectivity index (χ1v) is 8.05. The minimum atomic E-state index is -0.0767. The van der Waals surface area contributed by atoms with Crippen molar-refractivity contribution in [2.75, 3.05) is 13.1 Å². The second-order valence-corrected chi connectivity index (χ2v) is 6.39. The molecule has 1 aromatic carbocycles. The van der Waals surface area contributed by atoms with Crippen LogP contribution in [0, 0.1) is 0 Å². The third-order valence-corrected chi connectivity index (χ3v) is 4.43. The highest BCUT2D eigenvalue weighted by molar-refractivity contribution is 6.13. The van der Waals surface area contributed by atoms with Crippen LogP contribution in [0.1, 0.15) is 55.5 Å². The quantitative estimate of drug-likeness (QED) is 0.847. The highest BCUT2D eigenvalue weighted by Gasteiger charge is 2.32. The number of Topliss-reactive ketones (excluding diaryl/α,β-unsaturated/α-hetero) is 1. The van der Waals surface area contributed by atoms with Crippen LogP contribution in [0.25, 0.3) is 0 Å². The van der Waals surface area contributed by atoms with Crippen LogP contribution in [-0.4, -0.2) is 28.9 Å². The van der Waals surface area contributed by atoms with Crippen LogP contribution in [0.15, 0.2) is 23.5 Å². The number of hydrogen-bond acceptors (Lipinski definition) is 4. The molecule has 1 aromatic rings. The van der Waals surface area contributed by atoms with Crippen LogP contribution in [-0.2, 0) is 6.54 Å². The monoisotopic (exact) mass is 301 g/mol. The fourth-order valence-electron chi connectivity index (χ4n) is 3.18. The van der Waals surface area contributed by atoms with Gasteiger partial charge in [-0.1, -0.05) is 12.8 Å².